The summed E-state index contributed by atoms with van der Waals surface area (Å²) in [5, 5.41) is 14.7. The molecule has 1 atom stereocenters. The number of nitriles is 1. The van der Waals surface area contributed by atoms with E-state index in [1.807, 2.05) is 25.1 Å². The van der Waals surface area contributed by atoms with E-state index in [9.17, 15) is 4.79 Å². The second-order valence-electron chi connectivity index (χ2n) is 8.24. The van der Waals surface area contributed by atoms with Crippen molar-refractivity contribution in [3.05, 3.63) is 71.2 Å². The van der Waals surface area contributed by atoms with Gasteiger partial charge in [0, 0.05) is 46.5 Å². The molecule has 4 aromatic rings. The summed E-state index contributed by atoms with van der Waals surface area (Å²) in [7, 11) is 0. The van der Waals surface area contributed by atoms with E-state index in [0.717, 1.165) is 24.0 Å². The van der Waals surface area contributed by atoms with E-state index in [2.05, 4.69) is 47.1 Å². The summed E-state index contributed by atoms with van der Waals surface area (Å²) >= 11 is 6.04. The fourth-order valence-electron chi connectivity index (χ4n) is 4.16. The summed E-state index contributed by atoms with van der Waals surface area (Å²) in [5.41, 5.74) is 3.61. The molecule has 0 spiro atoms. The maximum atomic E-state index is 12.6. The molecule has 1 heterocycles. The summed E-state index contributed by atoms with van der Waals surface area (Å²) in [6.45, 7) is 5.54. The van der Waals surface area contributed by atoms with Crippen LogP contribution in [0.3, 0.4) is 0 Å². The van der Waals surface area contributed by atoms with Gasteiger partial charge < -0.3 is 14.6 Å². The Balaban J connectivity index is 1.35. The van der Waals surface area contributed by atoms with Crippen LogP contribution in [0.4, 0.5) is 5.69 Å². The van der Waals surface area contributed by atoms with Gasteiger partial charge in [0.1, 0.15) is 11.8 Å². The predicted octanol–water partition coefficient (Wildman–Crippen LogP) is 6.77. The number of fused-ring (bicyclic) bond motifs is 3. The van der Waals surface area contributed by atoms with Gasteiger partial charge in [0.2, 0.25) is 5.91 Å². The molecular weight excluding hydrogens is 434 g/mol. The molecule has 0 fully saturated rings. The Morgan fingerprint density at radius 3 is 2.67 bits per heavy atom. The number of hydrogen-bond donors (Lipinski definition) is 1. The molecule has 0 saturated carbocycles. The summed E-state index contributed by atoms with van der Waals surface area (Å²) in [5.74, 6) is 0.766. The van der Waals surface area contributed by atoms with Crippen molar-refractivity contribution in [2.75, 3.05) is 11.9 Å². The smallest absolute Gasteiger partial charge is 0.224 e. The van der Waals surface area contributed by atoms with Gasteiger partial charge in [0.15, 0.2) is 0 Å². The van der Waals surface area contributed by atoms with Crippen LogP contribution in [-0.2, 0) is 11.3 Å². The number of carbonyl (C=O) groups is 1. The van der Waals surface area contributed by atoms with Gasteiger partial charge >= 0.3 is 0 Å². The zero-order valence-electron chi connectivity index (χ0n) is 18.8. The highest BCUT2D eigenvalue weighted by Gasteiger charge is 2.13. The third-order valence-electron chi connectivity index (χ3n) is 5.85. The number of hydrogen-bond acceptors (Lipinski definition) is 3. The topological polar surface area (TPSA) is 67.1 Å². The van der Waals surface area contributed by atoms with E-state index in [1.54, 1.807) is 18.2 Å². The summed E-state index contributed by atoms with van der Waals surface area (Å²) in [6.07, 6.45) is 1.14. The molecule has 6 heteroatoms. The molecule has 0 aliphatic carbocycles. The highest BCUT2D eigenvalue weighted by molar-refractivity contribution is 6.31. The number of amides is 1. The number of halogens is 1. The van der Waals surface area contributed by atoms with Gasteiger partial charge in [-0.1, -0.05) is 36.7 Å². The Morgan fingerprint density at radius 2 is 1.91 bits per heavy atom. The molecule has 0 aliphatic heterocycles. The Bertz CT molecular complexity index is 1350. The molecule has 33 heavy (non-hydrogen) atoms. The number of carbonyl (C=O) groups excluding carboxylic acids is 1. The minimum atomic E-state index is -0.0116. The molecule has 5 nitrogen and oxygen atoms in total. The van der Waals surface area contributed by atoms with Gasteiger partial charge in [-0.25, -0.2) is 0 Å². The van der Waals surface area contributed by atoms with Crippen LogP contribution in [0.1, 0.15) is 32.3 Å². The highest BCUT2D eigenvalue weighted by Crippen LogP contribution is 2.31. The molecule has 1 unspecified atom stereocenters. The van der Waals surface area contributed by atoms with Gasteiger partial charge in [-0.05, 0) is 55.7 Å². The maximum absolute atomic E-state index is 12.6. The molecule has 0 aliphatic rings. The number of nitrogens with zero attached hydrogens (tertiary/aromatic N) is 2. The van der Waals surface area contributed by atoms with Crippen molar-refractivity contribution < 1.29 is 9.53 Å². The number of aryl methyl sites for hydroxylation is 1. The molecule has 3 aromatic carbocycles. The average Bonchev–Trinajstić information content (AvgIpc) is 3.12. The van der Waals surface area contributed by atoms with E-state index in [0.29, 0.717) is 29.4 Å². The van der Waals surface area contributed by atoms with E-state index < -0.39 is 0 Å². The normalized spacial score (nSPS) is 11.9. The first-order valence-corrected chi connectivity index (χ1v) is 11.5. The van der Waals surface area contributed by atoms with Crippen molar-refractivity contribution >= 4 is 45.0 Å². The van der Waals surface area contributed by atoms with Crippen molar-refractivity contribution in [1.82, 2.24) is 4.57 Å². The lowest BCUT2D eigenvalue weighted by Crippen LogP contribution is -2.16. The van der Waals surface area contributed by atoms with Crippen molar-refractivity contribution in [3.63, 3.8) is 0 Å². The minimum absolute atomic E-state index is 0.0116. The third-order valence-corrected chi connectivity index (χ3v) is 6.16. The summed E-state index contributed by atoms with van der Waals surface area (Å²) in [6, 6.07) is 21.5. The van der Waals surface area contributed by atoms with Crippen LogP contribution in [-0.4, -0.2) is 17.1 Å². The van der Waals surface area contributed by atoms with Crippen LogP contribution in [0, 0.1) is 17.2 Å². The number of rotatable bonds is 8. The summed E-state index contributed by atoms with van der Waals surface area (Å²) < 4.78 is 8.02. The van der Waals surface area contributed by atoms with Gasteiger partial charge in [-0.3, -0.25) is 4.79 Å². The van der Waals surface area contributed by atoms with Gasteiger partial charge in [0.25, 0.3) is 0 Å². The number of ether oxygens (including phenoxy) is 1. The van der Waals surface area contributed by atoms with Crippen LogP contribution in [0.15, 0.2) is 60.7 Å². The first-order chi connectivity index (χ1) is 16.0. The number of benzene rings is 3. The fraction of sp³-hybridized carbons (Fsp3) is 0.259. The Morgan fingerprint density at radius 1 is 1.12 bits per heavy atom. The maximum Gasteiger partial charge on any atom is 0.224 e. The monoisotopic (exact) mass is 459 g/mol. The van der Waals surface area contributed by atoms with E-state index in [1.165, 1.54) is 16.4 Å². The lowest BCUT2D eigenvalue weighted by atomic mass is 10.0. The van der Waals surface area contributed by atoms with Crippen LogP contribution in [0.2, 0.25) is 5.02 Å². The Kier molecular flexibility index (Phi) is 6.86. The van der Waals surface area contributed by atoms with Crippen LogP contribution in [0.25, 0.3) is 21.8 Å². The van der Waals surface area contributed by atoms with Crippen LogP contribution in [0.5, 0.6) is 5.75 Å². The third kappa shape index (κ3) is 4.97. The minimum Gasteiger partial charge on any atom is -0.494 e. The number of anilines is 1. The largest absolute Gasteiger partial charge is 0.494 e. The van der Waals surface area contributed by atoms with Gasteiger partial charge in [-0.2, -0.15) is 5.26 Å². The van der Waals surface area contributed by atoms with Crippen molar-refractivity contribution in [2.24, 2.45) is 5.92 Å². The van der Waals surface area contributed by atoms with E-state index in [-0.39, 0.29) is 11.8 Å². The van der Waals surface area contributed by atoms with E-state index in [4.69, 9.17) is 21.6 Å². The lowest BCUT2D eigenvalue weighted by Gasteiger charge is -2.13. The predicted molar refractivity (Wildman–Crippen MR) is 134 cm³/mol. The molecule has 4 rings (SSSR count). The van der Waals surface area contributed by atoms with Crippen molar-refractivity contribution in [3.8, 4) is 11.8 Å². The highest BCUT2D eigenvalue weighted by atomic mass is 35.5. The molecule has 0 bridgehead atoms. The van der Waals surface area contributed by atoms with Gasteiger partial charge in [-0.15, -0.1) is 0 Å². The van der Waals surface area contributed by atoms with Crippen LogP contribution >= 0.6 is 11.6 Å². The molecular formula is C27H26ClN3O2. The Hall–Kier alpha value is -3.49. The number of nitrogens with one attached hydrogen (secondary N) is 1. The average molecular weight is 460 g/mol. The second-order valence-corrected chi connectivity index (χ2v) is 8.65. The zero-order valence-corrected chi connectivity index (χ0v) is 19.5. The quantitative estimate of drug-likeness (QED) is 0.316. The van der Waals surface area contributed by atoms with Gasteiger partial charge in [0.05, 0.1) is 17.2 Å². The molecule has 168 valence electrons. The summed E-state index contributed by atoms with van der Waals surface area (Å²) in [4.78, 5) is 12.6. The number of aromatic nitrogens is 1. The standard InChI is InChI=1S/C27H26ClN3O2/c1-3-31-25-7-5-4-6-22(25)23-15-20(9-11-26(23)31)30-27(32)14-18(2)12-13-33-21-10-8-19(17-29)24(28)16-21/h4-11,15-16,18H,3,12-14H2,1-2H3,(H,30,32). The molecule has 0 radical (unpaired) electrons. The Labute approximate surface area is 198 Å². The van der Waals surface area contributed by atoms with Crippen molar-refractivity contribution in [1.29, 1.82) is 5.26 Å². The molecule has 1 N–H and O–H groups in total. The van der Waals surface area contributed by atoms with Crippen molar-refractivity contribution in [2.45, 2.75) is 33.2 Å². The zero-order chi connectivity index (χ0) is 23.4. The molecule has 0 saturated heterocycles. The lowest BCUT2D eigenvalue weighted by molar-refractivity contribution is -0.117. The second kappa shape index (κ2) is 9.97. The first-order valence-electron chi connectivity index (χ1n) is 11.1. The fourth-order valence-corrected chi connectivity index (χ4v) is 4.37. The molecule has 1 amide bonds. The van der Waals surface area contributed by atoms with E-state index >= 15 is 0 Å². The first kappa shape index (κ1) is 22.7. The molecule has 1 aromatic heterocycles. The SMILES string of the molecule is CCn1c2ccccc2c2cc(NC(=O)CC(C)CCOc3ccc(C#N)c(Cl)c3)ccc21. The van der Waals surface area contributed by atoms with Crippen LogP contribution < -0.4 is 10.1 Å². The number of para-hydroxylation sites is 1.